The van der Waals surface area contributed by atoms with Crippen molar-refractivity contribution >= 4 is 23.7 Å². The number of likely N-dealkylation sites (tertiary alicyclic amines) is 1. The van der Waals surface area contributed by atoms with Gasteiger partial charge in [0, 0.05) is 39.3 Å². The minimum Gasteiger partial charge on any atom is -0.442 e. The predicted octanol–water partition coefficient (Wildman–Crippen LogP) is 0.949. The second-order valence-corrected chi connectivity index (χ2v) is 10.6. The van der Waals surface area contributed by atoms with Crippen LogP contribution in [0.5, 0.6) is 0 Å². The molecule has 0 aromatic carbocycles. The molecule has 8 heteroatoms. The second-order valence-electron chi connectivity index (χ2n) is 10.6. The van der Waals surface area contributed by atoms with Crippen molar-refractivity contribution in [3.63, 3.8) is 0 Å². The van der Waals surface area contributed by atoms with E-state index in [1.807, 2.05) is 37.6 Å². The molecular weight excluding hydrogens is 386 g/mol. The van der Waals surface area contributed by atoms with Crippen LogP contribution in [0.1, 0.15) is 53.4 Å². The van der Waals surface area contributed by atoms with Gasteiger partial charge >= 0.3 is 5.97 Å². The Morgan fingerprint density at radius 2 is 1.83 bits per heavy atom. The molecule has 1 saturated carbocycles. The van der Waals surface area contributed by atoms with Crippen LogP contribution in [0, 0.1) is 23.2 Å². The molecule has 5 aliphatic heterocycles. The van der Waals surface area contributed by atoms with E-state index in [1.54, 1.807) is 7.05 Å². The number of ether oxygens (including phenoxy) is 1. The topological polar surface area (TPSA) is 87.2 Å². The maximum atomic E-state index is 13.7. The summed E-state index contributed by atoms with van der Waals surface area (Å²) in [6, 6.07) is -0.285. The largest absolute Gasteiger partial charge is 0.442 e. The Labute approximate surface area is 176 Å². The van der Waals surface area contributed by atoms with Crippen LogP contribution < -0.4 is 0 Å². The van der Waals surface area contributed by atoms with Crippen molar-refractivity contribution in [2.24, 2.45) is 16.7 Å². The van der Waals surface area contributed by atoms with Gasteiger partial charge in [0.2, 0.25) is 17.7 Å². The molecule has 1 unspecified atom stereocenters. The molecule has 1 radical (unpaired) electrons. The molecule has 8 nitrogen and oxygen atoms in total. The van der Waals surface area contributed by atoms with Crippen molar-refractivity contribution in [1.29, 1.82) is 0 Å². The minimum atomic E-state index is -0.843. The SMILES string of the molecule is CC(=O)O[C@@H]1C[C@]2(C[C@@]34[CH]C[C@]5(C(=O)N3C)[C@@H](C)CC(=O)N5C4C2(C)C)C(=O)N1C. The van der Waals surface area contributed by atoms with Crippen molar-refractivity contribution in [1.82, 2.24) is 14.7 Å². The zero-order valence-corrected chi connectivity index (χ0v) is 18.5. The quantitative estimate of drug-likeness (QED) is 0.594. The van der Waals surface area contributed by atoms with E-state index in [9.17, 15) is 19.2 Å². The molecule has 5 heterocycles. The zero-order valence-electron chi connectivity index (χ0n) is 18.5. The number of amides is 3. The fourth-order valence-corrected chi connectivity index (χ4v) is 7.73. The van der Waals surface area contributed by atoms with Crippen LogP contribution in [0.25, 0.3) is 0 Å². The van der Waals surface area contributed by atoms with E-state index in [4.69, 9.17) is 4.74 Å². The summed E-state index contributed by atoms with van der Waals surface area (Å²) in [6.07, 6.45) is 3.26. The molecular formula is C22H30N3O5. The molecule has 6 fully saturated rings. The summed E-state index contributed by atoms with van der Waals surface area (Å²) in [6.45, 7) is 7.42. The van der Waals surface area contributed by atoms with Gasteiger partial charge in [-0.1, -0.05) is 20.8 Å². The van der Waals surface area contributed by atoms with E-state index >= 15 is 0 Å². The lowest BCUT2D eigenvalue weighted by Gasteiger charge is -2.65. The molecule has 6 rings (SSSR count). The third kappa shape index (κ3) is 1.78. The van der Waals surface area contributed by atoms with Gasteiger partial charge in [-0.25, -0.2) is 0 Å². The standard InChI is InChI=1S/C22H30N3O5/c1-12-9-14(27)25-16-19(3,4)20(10-15(30-13(2)26)23(5)17(20)28)11-21(16)7-8-22(12,25)18(29)24(21)6/h7,12,15-16H,8-11H2,1-6H3/t12-,15+,16?,20-,21+,22+/m0/s1. The molecule has 3 spiro atoms. The summed E-state index contributed by atoms with van der Waals surface area (Å²) < 4.78 is 5.47. The Hall–Kier alpha value is -2.12. The highest BCUT2D eigenvalue weighted by molar-refractivity contribution is 6.00. The van der Waals surface area contributed by atoms with Gasteiger partial charge in [-0.15, -0.1) is 0 Å². The number of carbonyl (C=O) groups is 4. The van der Waals surface area contributed by atoms with E-state index < -0.39 is 34.1 Å². The fraction of sp³-hybridized carbons (Fsp3) is 0.773. The van der Waals surface area contributed by atoms with Gasteiger partial charge in [-0.2, -0.15) is 0 Å². The van der Waals surface area contributed by atoms with E-state index in [-0.39, 0.29) is 29.7 Å². The van der Waals surface area contributed by atoms with Crippen LogP contribution >= 0.6 is 0 Å². The van der Waals surface area contributed by atoms with Gasteiger partial charge < -0.3 is 19.4 Å². The first-order valence-corrected chi connectivity index (χ1v) is 10.8. The van der Waals surface area contributed by atoms with Crippen LogP contribution in [0.15, 0.2) is 0 Å². The van der Waals surface area contributed by atoms with Crippen LogP contribution in [0.2, 0.25) is 0 Å². The average Bonchev–Trinajstić information content (AvgIpc) is 3.14. The van der Waals surface area contributed by atoms with Crippen LogP contribution in [-0.2, 0) is 23.9 Å². The normalized spacial score (nSPS) is 46.1. The lowest BCUT2D eigenvalue weighted by atomic mass is 9.61. The monoisotopic (exact) mass is 416 g/mol. The molecule has 2 bridgehead atoms. The first-order chi connectivity index (χ1) is 13.9. The van der Waals surface area contributed by atoms with Crippen molar-refractivity contribution < 1.29 is 23.9 Å². The molecule has 1 aliphatic carbocycles. The van der Waals surface area contributed by atoms with Crippen molar-refractivity contribution in [2.75, 3.05) is 14.1 Å². The van der Waals surface area contributed by atoms with E-state index in [0.29, 0.717) is 25.7 Å². The number of hydrogen-bond donors (Lipinski definition) is 0. The maximum Gasteiger partial charge on any atom is 0.304 e. The first-order valence-electron chi connectivity index (χ1n) is 10.8. The number of rotatable bonds is 1. The number of piperazine rings is 1. The third-order valence-corrected chi connectivity index (χ3v) is 9.28. The number of carbonyl (C=O) groups excluding carboxylic acids is 4. The van der Waals surface area contributed by atoms with Crippen molar-refractivity contribution in [2.45, 2.75) is 76.7 Å². The lowest BCUT2D eigenvalue weighted by Crippen LogP contribution is -2.81. The Morgan fingerprint density at radius 1 is 1.17 bits per heavy atom. The van der Waals surface area contributed by atoms with Gasteiger partial charge in [-0.3, -0.25) is 19.2 Å². The number of nitrogens with zero attached hydrogens (tertiary/aromatic N) is 3. The van der Waals surface area contributed by atoms with Gasteiger partial charge in [0.05, 0.1) is 17.0 Å². The summed E-state index contributed by atoms with van der Waals surface area (Å²) in [4.78, 5) is 57.4. The highest BCUT2D eigenvalue weighted by Crippen LogP contribution is 2.71. The summed E-state index contributed by atoms with van der Waals surface area (Å²) in [5.74, 6) is -0.577. The number of esters is 1. The van der Waals surface area contributed by atoms with E-state index in [0.717, 1.165) is 0 Å². The van der Waals surface area contributed by atoms with E-state index in [1.165, 1.54) is 11.8 Å². The third-order valence-electron chi connectivity index (χ3n) is 9.28. The summed E-state index contributed by atoms with van der Waals surface area (Å²) in [7, 11) is 3.49. The molecule has 5 saturated heterocycles. The molecule has 3 amide bonds. The number of piperidine rings is 2. The first kappa shape index (κ1) is 19.8. The molecule has 0 N–H and O–H groups in total. The molecule has 6 atom stereocenters. The van der Waals surface area contributed by atoms with Gasteiger partial charge in [0.25, 0.3) is 0 Å². The molecule has 0 aromatic heterocycles. The van der Waals surface area contributed by atoms with Gasteiger partial charge in [-0.05, 0) is 25.2 Å². The smallest absolute Gasteiger partial charge is 0.304 e. The molecule has 163 valence electrons. The highest BCUT2D eigenvalue weighted by atomic mass is 16.6. The second kappa shape index (κ2) is 5.37. The Morgan fingerprint density at radius 3 is 2.47 bits per heavy atom. The molecule has 0 aromatic rings. The van der Waals surface area contributed by atoms with E-state index in [2.05, 4.69) is 6.42 Å². The van der Waals surface area contributed by atoms with Crippen molar-refractivity contribution in [3.8, 4) is 0 Å². The number of hydrogen-bond acceptors (Lipinski definition) is 5. The minimum absolute atomic E-state index is 0.00638. The number of likely N-dealkylation sites (N-methyl/N-ethyl adjacent to an activating group) is 1. The Balaban J connectivity index is 1.68. The summed E-state index contributed by atoms with van der Waals surface area (Å²) in [5, 5.41) is 0. The highest BCUT2D eigenvalue weighted by Gasteiger charge is 2.82. The van der Waals surface area contributed by atoms with Gasteiger partial charge in [0.15, 0.2) is 6.23 Å². The predicted molar refractivity (Wildman–Crippen MR) is 105 cm³/mol. The Kier molecular flexibility index (Phi) is 3.55. The van der Waals surface area contributed by atoms with Crippen LogP contribution in [0.4, 0.5) is 0 Å². The lowest BCUT2D eigenvalue weighted by molar-refractivity contribution is -0.186. The fourth-order valence-electron chi connectivity index (χ4n) is 7.73. The number of fused-ring (bicyclic) bond motifs is 2. The summed E-state index contributed by atoms with van der Waals surface area (Å²) in [5.41, 5.74) is -2.97. The van der Waals surface area contributed by atoms with Crippen LogP contribution in [0.3, 0.4) is 0 Å². The van der Waals surface area contributed by atoms with Crippen molar-refractivity contribution in [3.05, 3.63) is 6.42 Å². The molecule has 30 heavy (non-hydrogen) atoms. The maximum absolute atomic E-state index is 13.7. The summed E-state index contributed by atoms with van der Waals surface area (Å²) >= 11 is 0. The molecule has 6 aliphatic rings. The average molecular weight is 416 g/mol. The zero-order chi connectivity index (χ0) is 22.0. The Bertz CT molecular complexity index is 901. The van der Waals surface area contributed by atoms with Gasteiger partial charge in [0.1, 0.15) is 5.54 Å². The van der Waals surface area contributed by atoms with Crippen LogP contribution in [-0.4, -0.2) is 75.8 Å².